The number of halogens is 2. The molecule has 0 saturated carbocycles. The molecule has 3 saturated heterocycles. The molecule has 0 unspecified atom stereocenters. The van der Waals surface area contributed by atoms with Crippen molar-refractivity contribution < 1.29 is 23.1 Å². The van der Waals surface area contributed by atoms with Crippen molar-refractivity contribution in [2.45, 2.75) is 50.5 Å². The van der Waals surface area contributed by atoms with E-state index in [2.05, 4.69) is 9.97 Å². The second-order valence-electron chi connectivity index (χ2n) is 8.39. The molecule has 9 heteroatoms. The summed E-state index contributed by atoms with van der Waals surface area (Å²) in [6.07, 6.45) is 4.56. The smallest absolute Gasteiger partial charge is 0.257 e. The van der Waals surface area contributed by atoms with E-state index in [1.807, 2.05) is 0 Å². The maximum absolute atomic E-state index is 13.7. The first kappa shape index (κ1) is 20.0. The predicted molar refractivity (Wildman–Crippen MR) is 105 cm³/mol. The minimum absolute atomic E-state index is 0.157. The summed E-state index contributed by atoms with van der Waals surface area (Å²) in [6, 6.07) is 2.97. The number of benzene rings is 1. The molecule has 31 heavy (non-hydrogen) atoms. The summed E-state index contributed by atoms with van der Waals surface area (Å²) in [4.78, 5) is 37.6. The van der Waals surface area contributed by atoms with Crippen LogP contribution in [0.3, 0.4) is 0 Å². The summed E-state index contributed by atoms with van der Waals surface area (Å²) in [5.41, 5.74) is -0.134. The van der Waals surface area contributed by atoms with Gasteiger partial charge in [0, 0.05) is 44.4 Å². The largest absolute Gasteiger partial charge is 0.342 e. The van der Waals surface area contributed by atoms with Crippen LogP contribution in [0.4, 0.5) is 8.78 Å². The van der Waals surface area contributed by atoms with E-state index in [9.17, 15) is 18.4 Å². The summed E-state index contributed by atoms with van der Waals surface area (Å²) < 4.78 is 33.7. The summed E-state index contributed by atoms with van der Waals surface area (Å²) in [7, 11) is 0. The van der Waals surface area contributed by atoms with Crippen molar-refractivity contribution in [2.75, 3.05) is 13.1 Å². The van der Waals surface area contributed by atoms with Crippen LogP contribution in [0.5, 0.6) is 0 Å². The Morgan fingerprint density at radius 1 is 1.10 bits per heavy atom. The van der Waals surface area contributed by atoms with Crippen LogP contribution in [0.15, 0.2) is 30.6 Å². The average molecular weight is 428 g/mol. The second-order valence-corrected chi connectivity index (χ2v) is 8.39. The molecule has 162 valence electrons. The number of likely N-dealkylation sites (tertiary alicyclic amines) is 1. The van der Waals surface area contributed by atoms with E-state index in [-0.39, 0.29) is 11.8 Å². The molecule has 3 aliphatic heterocycles. The van der Waals surface area contributed by atoms with Crippen LogP contribution in [-0.4, -0.2) is 56.5 Å². The van der Waals surface area contributed by atoms with Crippen LogP contribution in [-0.2, 0) is 9.53 Å². The number of hydrogen-bond acceptors (Lipinski definition) is 5. The molecular formula is C22H22F2N4O3. The fourth-order valence-corrected chi connectivity index (χ4v) is 4.90. The van der Waals surface area contributed by atoms with Crippen LogP contribution in [0.2, 0.25) is 0 Å². The van der Waals surface area contributed by atoms with Crippen LogP contribution in [0, 0.1) is 18.6 Å². The van der Waals surface area contributed by atoms with Gasteiger partial charge in [0.05, 0.1) is 11.6 Å². The lowest BCUT2D eigenvalue weighted by atomic mass is 9.89. The number of hydrogen-bond donors (Lipinski definition) is 0. The molecule has 4 heterocycles. The van der Waals surface area contributed by atoms with Gasteiger partial charge in [0.25, 0.3) is 11.8 Å². The first-order valence-corrected chi connectivity index (χ1v) is 10.4. The first-order valence-electron chi connectivity index (χ1n) is 10.4. The molecule has 0 radical (unpaired) electrons. The average Bonchev–Trinajstić information content (AvgIpc) is 3.26. The highest BCUT2D eigenvalue weighted by molar-refractivity contribution is 5.94. The van der Waals surface area contributed by atoms with Gasteiger partial charge in [-0.1, -0.05) is 0 Å². The normalized spacial score (nSPS) is 24.7. The lowest BCUT2D eigenvalue weighted by Gasteiger charge is -2.37. The third-order valence-corrected chi connectivity index (χ3v) is 6.47. The van der Waals surface area contributed by atoms with E-state index < -0.39 is 29.5 Å². The van der Waals surface area contributed by atoms with Crippen LogP contribution in [0.25, 0.3) is 0 Å². The minimum Gasteiger partial charge on any atom is -0.342 e. The summed E-state index contributed by atoms with van der Waals surface area (Å²) >= 11 is 0. The minimum atomic E-state index is -0.990. The first-order chi connectivity index (χ1) is 14.9. The van der Waals surface area contributed by atoms with Gasteiger partial charge in [0.1, 0.15) is 23.7 Å². The molecule has 0 aliphatic carbocycles. The number of piperidine rings is 1. The molecule has 2 atom stereocenters. The van der Waals surface area contributed by atoms with Crippen molar-refractivity contribution in [1.82, 2.24) is 19.8 Å². The number of carbonyl (C=O) groups is 2. The van der Waals surface area contributed by atoms with Gasteiger partial charge in [-0.25, -0.2) is 18.7 Å². The van der Waals surface area contributed by atoms with Crippen LogP contribution >= 0.6 is 0 Å². The van der Waals surface area contributed by atoms with Gasteiger partial charge < -0.3 is 14.5 Å². The summed E-state index contributed by atoms with van der Waals surface area (Å²) in [5.74, 6) is -1.06. The Bertz CT molecular complexity index is 1020. The molecule has 2 aromatic rings. The molecule has 3 fully saturated rings. The number of nitrogens with zero attached hydrogens (tertiary/aromatic N) is 4. The number of fused-ring (bicyclic) bond motifs is 1. The lowest BCUT2D eigenvalue weighted by Crippen LogP contribution is -2.51. The number of ether oxygens (including phenoxy) is 1. The molecule has 0 bridgehead atoms. The molecule has 7 nitrogen and oxygen atoms in total. The van der Waals surface area contributed by atoms with Crippen molar-refractivity contribution in [2.24, 2.45) is 0 Å². The monoisotopic (exact) mass is 428 g/mol. The van der Waals surface area contributed by atoms with Crippen LogP contribution < -0.4 is 0 Å². The number of amides is 2. The topological polar surface area (TPSA) is 75.6 Å². The Morgan fingerprint density at radius 2 is 1.74 bits per heavy atom. The highest BCUT2D eigenvalue weighted by Gasteiger charge is 2.58. The molecule has 5 rings (SSSR count). The van der Waals surface area contributed by atoms with Gasteiger partial charge in [-0.3, -0.25) is 9.59 Å². The zero-order valence-corrected chi connectivity index (χ0v) is 17.1. The van der Waals surface area contributed by atoms with Gasteiger partial charge in [-0.2, -0.15) is 0 Å². The van der Waals surface area contributed by atoms with E-state index in [4.69, 9.17) is 4.74 Å². The van der Waals surface area contributed by atoms with Crippen molar-refractivity contribution >= 4 is 11.8 Å². The summed E-state index contributed by atoms with van der Waals surface area (Å²) in [5, 5.41) is 0. The van der Waals surface area contributed by atoms with E-state index in [0.717, 1.165) is 6.07 Å². The molecular weight excluding hydrogens is 406 g/mol. The third kappa shape index (κ3) is 3.37. The molecule has 1 spiro atoms. The van der Waals surface area contributed by atoms with E-state index >= 15 is 0 Å². The van der Waals surface area contributed by atoms with Crippen LogP contribution in [0.1, 0.15) is 53.5 Å². The fourth-order valence-electron chi connectivity index (χ4n) is 4.90. The van der Waals surface area contributed by atoms with E-state index in [1.54, 1.807) is 16.7 Å². The lowest BCUT2D eigenvalue weighted by molar-refractivity contribution is -0.142. The number of carbonyl (C=O) groups excluding carboxylic acids is 2. The van der Waals surface area contributed by atoms with E-state index in [1.165, 1.54) is 24.5 Å². The predicted octanol–water partition coefficient (Wildman–Crippen LogP) is 2.76. The zero-order chi connectivity index (χ0) is 21.8. The highest BCUT2D eigenvalue weighted by Crippen LogP contribution is 2.47. The van der Waals surface area contributed by atoms with Crippen molar-refractivity contribution in [3.05, 3.63) is 59.2 Å². The van der Waals surface area contributed by atoms with Gasteiger partial charge >= 0.3 is 0 Å². The number of rotatable bonds is 2. The van der Waals surface area contributed by atoms with Crippen molar-refractivity contribution in [1.29, 1.82) is 0 Å². The van der Waals surface area contributed by atoms with Crippen molar-refractivity contribution in [3.63, 3.8) is 0 Å². The maximum atomic E-state index is 13.7. The number of aromatic nitrogens is 2. The molecule has 1 aromatic carbocycles. The Labute approximate surface area is 178 Å². The standard InChI is InChI=1S/C22H22F2N4O3/c1-13-25-11-15(12-26-13)20(29)27-6-4-22(5-7-27)21(30)28-18(2-3-19(28)31-22)14-8-16(23)10-17(24)9-14/h8-12,18-19H,2-7H2,1H3/t18-,19+/m0/s1. The second kappa shape index (κ2) is 7.33. The quantitative estimate of drug-likeness (QED) is 0.735. The van der Waals surface area contributed by atoms with E-state index in [0.29, 0.717) is 55.7 Å². The van der Waals surface area contributed by atoms with Gasteiger partial charge in [-0.15, -0.1) is 0 Å². The summed E-state index contributed by atoms with van der Waals surface area (Å²) in [6.45, 7) is 2.50. The Hall–Kier alpha value is -2.94. The fraction of sp³-hybridized carbons (Fsp3) is 0.455. The maximum Gasteiger partial charge on any atom is 0.257 e. The van der Waals surface area contributed by atoms with Crippen molar-refractivity contribution in [3.8, 4) is 0 Å². The zero-order valence-electron chi connectivity index (χ0n) is 17.1. The Morgan fingerprint density at radius 3 is 2.39 bits per heavy atom. The SMILES string of the molecule is Cc1ncc(C(=O)N2CCC3(CC2)O[C@@H]2CC[C@@H](c4cc(F)cc(F)c4)N2C3=O)cn1. The molecule has 3 aliphatic rings. The molecule has 1 aromatic heterocycles. The third-order valence-electron chi connectivity index (χ3n) is 6.47. The highest BCUT2D eigenvalue weighted by atomic mass is 19.1. The van der Waals surface area contributed by atoms with Gasteiger partial charge in [-0.05, 0) is 37.5 Å². The molecule has 2 amide bonds. The van der Waals surface area contributed by atoms with Gasteiger partial charge in [0.15, 0.2) is 5.60 Å². The Balaban J connectivity index is 1.31. The number of aryl methyl sites for hydroxylation is 1. The Kier molecular flexibility index (Phi) is 4.73. The molecule has 0 N–H and O–H groups in total. The van der Waals surface area contributed by atoms with Gasteiger partial charge in [0.2, 0.25) is 0 Å².